The molecule has 0 aliphatic heterocycles. The maximum atomic E-state index is 9.96. The van der Waals surface area contributed by atoms with Gasteiger partial charge in [0.2, 0.25) is 0 Å². The summed E-state index contributed by atoms with van der Waals surface area (Å²) in [6, 6.07) is 13.5. The molecule has 0 spiro atoms. The fourth-order valence-corrected chi connectivity index (χ4v) is 3.47. The zero-order chi connectivity index (χ0) is 15.5. The smallest absolute Gasteiger partial charge is 0.128 e. The summed E-state index contributed by atoms with van der Waals surface area (Å²) >= 11 is 1.58. The van der Waals surface area contributed by atoms with Gasteiger partial charge in [-0.15, -0.1) is 11.3 Å². The molecule has 3 nitrogen and oxygen atoms in total. The minimum Gasteiger partial charge on any atom is -0.507 e. The zero-order valence-electron chi connectivity index (χ0n) is 12.5. The largest absolute Gasteiger partial charge is 0.507 e. The molecule has 112 valence electrons. The van der Waals surface area contributed by atoms with Gasteiger partial charge in [0, 0.05) is 12.1 Å². The zero-order valence-corrected chi connectivity index (χ0v) is 13.3. The van der Waals surface area contributed by atoms with Crippen LogP contribution in [0.25, 0.3) is 20.8 Å². The Morgan fingerprint density at radius 3 is 2.82 bits per heavy atom. The summed E-state index contributed by atoms with van der Waals surface area (Å²) in [5, 5.41) is 18.7. The molecule has 0 fully saturated rings. The van der Waals surface area contributed by atoms with E-state index >= 15 is 0 Å². The Morgan fingerprint density at radius 2 is 2.05 bits per heavy atom. The van der Waals surface area contributed by atoms with Crippen molar-refractivity contribution in [2.75, 3.05) is 0 Å². The van der Waals surface area contributed by atoms with Gasteiger partial charge in [-0.2, -0.15) is 0 Å². The second-order valence-corrected chi connectivity index (χ2v) is 6.40. The third-order valence-electron chi connectivity index (χ3n) is 3.56. The Balaban J connectivity index is 1.94. The predicted molar refractivity (Wildman–Crippen MR) is 93.1 cm³/mol. The second kappa shape index (κ2) is 6.28. The first-order valence-electron chi connectivity index (χ1n) is 7.41. The van der Waals surface area contributed by atoms with E-state index in [1.807, 2.05) is 18.2 Å². The van der Waals surface area contributed by atoms with Crippen molar-refractivity contribution in [2.24, 2.45) is 0 Å². The second-order valence-electron chi connectivity index (χ2n) is 5.37. The van der Waals surface area contributed by atoms with Gasteiger partial charge < -0.3 is 10.5 Å². The first kappa shape index (κ1) is 14.7. The summed E-state index contributed by atoms with van der Waals surface area (Å²) < 4.78 is 1.10. The van der Waals surface area contributed by atoms with Gasteiger partial charge in [0.15, 0.2) is 0 Å². The van der Waals surface area contributed by atoms with Gasteiger partial charge in [-0.3, -0.25) is 0 Å². The number of phenolic OH excluding ortho intramolecular Hbond substituents is 1. The molecule has 0 unspecified atom stereocenters. The van der Waals surface area contributed by atoms with Gasteiger partial charge in [-0.1, -0.05) is 31.5 Å². The van der Waals surface area contributed by atoms with E-state index < -0.39 is 0 Å². The quantitative estimate of drug-likeness (QED) is 0.649. The Bertz CT molecular complexity index is 823. The fourth-order valence-electron chi connectivity index (χ4n) is 2.49. The molecule has 1 aromatic heterocycles. The maximum absolute atomic E-state index is 9.96. The number of benzene rings is 2. The van der Waals surface area contributed by atoms with Crippen molar-refractivity contribution in [2.45, 2.75) is 26.2 Å². The molecule has 1 heterocycles. The van der Waals surface area contributed by atoms with Crippen LogP contribution in [0.4, 0.5) is 0 Å². The van der Waals surface area contributed by atoms with Crippen molar-refractivity contribution in [1.82, 2.24) is 4.98 Å². The molecule has 0 atom stereocenters. The first-order valence-corrected chi connectivity index (χ1v) is 8.23. The Labute approximate surface area is 133 Å². The third-order valence-corrected chi connectivity index (χ3v) is 4.63. The normalized spacial score (nSPS) is 11.0. The van der Waals surface area contributed by atoms with Crippen molar-refractivity contribution < 1.29 is 5.11 Å². The van der Waals surface area contributed by atoms with Crippen molar-refractivity contribution in [3.05, 3.63) is 48.0 Å². The van der Waals surface area contributed by atoms with Crippen LogP contribution < -0.4 is 0 Å². The summed E-state index contributed by atoms with van der Waals surface area (Å²) in [5.74, 6) is 0.256. The summed E-state index contributed by atoms with van der Waals surface area (Å²) in [5.41, 5.74) is 3.59. The highest BCUT2D eigenvalue weighted by Crippen LogP contribution is 2.35. The van der Waals surface area contributed by atoms with E-state index in [0.717, 1.165) is 44.9 Å². The van der Waals surface area contributed by atoms with Crippen molar-refractivity contribution in [3.8, 4) is 16.3 Å². The average molecular weight is 310 g/mol. The van der Waals surface area contributed by atoms with Gasteiger partial charge in [0.1, 0.15) is 10.8 Å². The molecule has 0 aliphatic rings. The molecule has 2 N–H and O–H groups in total. The number of nitrogens with zero attached hydrogens (tertiary/aromatic N) is 1. The molecule has 2 aromatic carbocycles. The van der Waals surface area contributed by atoms with Crippen LogP contribution in [0.3, 0.4) is 0 Å². The highest BCUT2D eigenvalue weighted by molar-refractivity contribution is 7.21. The monoisotopic (exact) mass is 310 g/mol. The van der Waals surface area contributed by atoms with E-state index in [4.69, 9.17) is 5.41 Å². The molecular formula is C18H18N2OS. The van der Waals surface area contributed by atoms with E-state index in [2.05, 4.69) is 30.1 Å². The highest BCUT2D eigenvalue weighted by Gasteiger charge is 2.10. The van der Waals surface area contributed by atoms with Crippen molar-refractivity contribution in [3.63, 3.8) is 0 Å². The Morgan fingerprint density at radius 1 is 1.23 bits per heavy atom. The van der Waals surface area contributed by atoms with Crippen LogP contribution >= 0.6 is 11.3 Å². The molecule has 0 aliphatic carbocycles. The van der Waals surface area contributed by atoms with E-state index in [-0.39, 0.29) is 5.75 Å². The first-order chi connectivity index (χ1) is 10.7. The van der Waals surface area contributed by atoms with Gasteiger partial charge in [0.05, 0.1) is 15.8 Å². The summed E-state index contributed by atoms with van der Waals surface area (Å²) in [7, 11) is 0. The molecule has 22 heavy (non-hydrogen) atoms. The number of para-hydroxylation sites is 1. The van der Waals surface area contributed by atoms with E-state index in [1.54, 1.807) is 17.4 Å². The molecule has 0 saturated heterocycles. The predicted octanol–water partition coefficient (Wildman–Crippen LogP) is 5.03. The van der Waals surface area contributed by atoms with Crippen LogP contribution in [0, 0.1) is 5.41 Å². The lowest BCUT2D eigenvalue weighted by atomic mass is 10.1. The van der Waals surface area contributed by atoms with Gasteiger partial charge in [0.25, 0.3) is 0 Å². The maximum Gasteiger partial charge on any atom is 0.128 e. The van der Waals surface area contributed by atoms with Crippen LogP contribution in [-0.4, -0.2) is 15.8 Å². The number of nitrogens with one attached hydrogen (secondary N) is 1. The highest BCUT2D eigenvalue weighted by atomic mass is 32.1. The summed E-state index contributed by atoms with van der Waals surface area (Å²) in [4.78, 5) is 4.65. The van der Waals surface area contributed by atoms with Crippen molar-refractivity contribution >= 4 is 27.3 Å². The lowest BCUT2D eigenvalue weighted by Gasteiger charge is -2.02. The lowest BCUT2D eigenvalue weighted by Crippen LogP contribution is -2.00. The molecule has 3 aromatic rings. The minimum absolute atomic E-state index is 0.256. The molecule has 3 rings (SSSR count). The summed E-state index contributed by atoms with van der Waals surface area (Å²) in [6.45, 7) is 2.09. The van der Waals surface area contributed by atoms with E-state index in [1.165, 1.54) is 0 Å². The molecule has 0 radical (unpaired) electrons. The van der Waals surface area contributed by atoms with Crippen LogP contribution in [0.15, 0.2) is 42.5 Å². The number of fused-ring (bicyclic) bond motifs is 1. The standard InChI is InChI=1S/C18H18N2OS/c1-2-5-13(19)10-12-8-9-17-15(11-12)20-18(22-17)14-6-3-4-7-16(14)21/h3-4,6-9,11,19,21H,2,5,10H2,1H3. The topological polar surface area (TPSA) is 57.0 Å². The van der Waals surface area contributed by atoms with Gasteiger partial charge in [-0.25, -0.2) is 4.98 Å². The van der Waals surface area contributed by atoms with Crippen LogP contribution in [0.2, 0.25) is 0 Å². The molecule has 0 amide bonds. The number of aromatic hydroxyl groups is 1. The van der Waals surface area contributed by atoms with Crippen molar-refractivity contribution in [1.29, 1.82) is 5.41 Å². The Kier molecular flexibility index (Phi) is 4.20. The van der Waals surface area contributed by atoms with Crippen LogP contribution in [0.1, 0.15) is 25.3 Å². The molecule has 4 heteroatoms. The van der Waals surface area contributed by atoms with E-state index in [9.17, 15) is 5.11 Å². The minimum atomic E-state index is 0.256. The molecule has 0 bridgehead atoms. The number of aromatic nitrogens is 1. The van der Waals surface area contributed by atoms with E-state index in [0.29, 0.717) is 6.42 Å². The fraction of sp³-hybridized carbons (Fsp3) is 0.222. The Hall–Kier alpha value is -2.20. The van der Waals surface area contributed by atoms with Crippen LogP contribution in [-0.2, 0) is 6.42 Å². The average Bonchev–Trinajstić information content (AvgIpc) is 2.90. The SMILES string of the molecule is CCCC(=N)Cc1ccc2sc(-c3ccccc3O)nc2c1. The van der Waals surface area contributed by atoms with Gasteiger partial charge in [-0.05, 0) is 36.2 Å². The summed E-state index contributed by atoms with van der Waals surface area (Å²) in [6.07, 6.45) is 2.54. The number of hydrogen-bond acceptors (Lipinski definition) is 4. The third kappa shape index (κ3) is 3.02. The molecule has 0 saturated carbocycles. The number of hydrogen-bond donors (Lipinski definition) is 2. The lowest BCUT2D eigenvalue weighted by molar-refractivity contribution is 0.477. The van der Waals surface area contributed by atoms with Gasteiger partial charge >= 0.3 is 0 Å². The molecular weight excluding hydrogens is 292 g/mol. The number of phenols is 1. The van der Waals surface area contributed by atoms with Crippen LogP contribution in [0.5, 0.6) is 5.75 Å². The number of thiazole rings is 1. The number of rotatable bonds is 5.